The minimum absolute atomic E-state index is 0.0625. The van der Waals surface area contributed by atoms with Crippen LogP contribution in [0.15, 0.2) is 73.8 Å². The largest absolute Gasteiger partial charge is 0.347 e. The van der Waals surface area contributed by atoms with Crippen LogP contribution in [0.4, 0.5) is 0 Å². The van der Waals surface area contributed by atoms with E-state index in [4.69, 9.17) is 0 Å². The molecule has 0 spiro atoms. The molecule has 2 aromatic rings. The highest BCUT2D eigenvalue weighted by Crippen LogP contribution is 2.20. The van der Waals surface area contributed by atoms with Crippen molar-refractivity contribution in [2.45, 2.75) is 63.5 Å². The maximum absolute atomic E-state index is 12.8. The van der Waals surface area contributed by atoms with Gasteiger partial charge in [-0.2, -0.15) is 0 Å². The van der Waals surface area contributed by atoms with E-state index in [1.165, 1.54) is 11.1 Å². The van der Waals surface area contributed by atoms with Crippen LogP contribution in [-0.2, 0) is 12.8 Å². The van der Waals surface area contributed by atoms with Gasteiger partial charge in [0.1, 0.15) is 0 Å². The second-order valence-electron chi connectivity index (χ2n) is 8.49. The van der Waals surface area contributed by atoms with Gasteiger partial charge < -0.3 is 10.6 Å². The van der Waals surface area contributed by atoms with E-state index in [0.717, 1.165) is 51.4 Å². The molecule has 2 amide bonds. The number of hydrogen-bond acceptors (Lipinski definition) is 2. The summed E-state index contributed by atoms with van der Waals surface area (Å²) in [5.74, 6) is -0.170. The fourth-order valence-corrected chi connectivity index (χ4v) is 4.16. The first-order chi connectivity index (χ1) is 15.6. The highest BCUT2D eigenvalue weighted by Gasteiger charge is 2.28. The molecular formula is C28H34N2O2. The second kappa shape index (κ2) is 12.0. The summed E-state index contributed by atoms with van der Waals surface area (Å²) in [6.07, 6.45) is 11.3. The second-order valence-corrected chi connectivity index (χ2v) is 8.49. The molecule has 4 nitrogen and oxygen atoms in total. The average Bonchev–Trinajstić information content (AvgIpc) is 2.83. The van der Waals surface area contributed by atoms with Crippen LogP contribution in [0.5, 0.6) is 0 Å². The Bertz CT molecular complexity index is 838. The van der Waals surface area contributed by atoms with E-state index < -0.39 is 0 Å². The molecule has 168 valence electrons. The molecule has 0 heterocycles. The van der Waals surface area contributed by atoms with Crippen molar-refractivity contribution < 1.29 is 9.59 Å². The lowest BCUT2D eigenvalue weighted by Gasteiger charge is -2.33. The van der Waals surface area contributed by atoms with Gasteiger partial charge in [0, 0.05) is 23.2 Å². The quantitative estimate of drug-likeness (QED) is 0.496. The van der Waals surface area contributed by atoms with Crippen LogP contribution < -0.4 is 10.6 Å². The van der Waals surface area contributed by atoms with E-state index >= 15 is 0 Å². The van der Waals surface area contributed by atoms with E-state index in [1.807, 2.05) is 60.7 Å². The first-order valence-electron chi connectivity index (χ1n) is 11.6. The summed E-state index contributed by atoms with van der Waals surface area (Å²) in [5.41, 5.74) is 3.69. The van der Waals surface area contributed by atoms with Crippen molar-refractivity contribution in [3.05, 3.63) is 96.1 Å². The van der Waals surface area contributed by atoms with Crippen LogP contribution in [0.25, 0.3) is 0 Å². The van der Waals surface area contributed by atoms with Crippen molar-refractivity contribution in [3.63, 3.8) is 0 Å². The fraction of sp³-hybridized carbons (Fsp3) is 0.357. The van der Waals surface area contributed by atoms with Crippen molar-refractivity contribution >= 4 is 11.8 Å². The Morgan fingerprint density at radius 1 is 0.719 bits per heavy atom. The van der Waals surface area contributed by atoms with Gasteiger partial charge in [-0.3, -0.25) is 9.59 Å². The Labute approximate surface area is 191 Å². The number of aryl methyl sites for hydroxylation is 2. The molecule has 0 unspecified atom stereocenters. The summed E-state index contributed by atoms with van der Waals surface area (Å²) in [7, 11) is 0. The summed E-state index contributed by atoms with van der Waals surface area (Å²) in [5, 5.41) is 6.32. The van der Waals surface area contributed by atoms with Crippen molar-refractivity contribution in [1.82, 2.24) is 10.6 Å². The van der Waals surface area contributed by atoms with Crippen LogP contribution in [0.1, 0.15) is 70.4 Å². The predicted molar refractivity (Wildman–Crippen MR) is 131 cm³/mol. The SMILES string of the molecule is C=CCCc1ccc(C(=O)N[C@@H]2CCCC[C@H]2NC(=O)c2ccc(CCC=C)cc2)cc1. The van der Waals surface area contributed by atoms with Crippen LogP contribution >= 0.6 is 0 Å². The molecule has 32 heavy (non-hydrogen) atoms. The lowest BCUT2D eigenvalue weighted by molar-refractivity contribution is 0.0863. The molecule has 0 aliphatic heterocycles. The molecule has 0 radical (unpaired) electrons. The molecule has 1 fully saturated rings. The van der Waals surface area contributed by atoms with Gasteiger partial charge in [0.25, 0.3) is 11.8 Å². The third-order valence-corrected chi connectivity index (χ3v) is 6.11. The lowest BCUT2D eigenvalue weighted by atomic mass is 9.89. The highest BCUT2D eigenvalue weighted by molar-refractivity contribution is 5.95. The Morgan fingerprint density at radius 3 is 1.44 bits per heavy atom. The first kappa shape index (κ1) is 23.5. The number of benzene rings is 2. The van der Waals surface area contributed by atoms with Crippen molar-refractivity contribution in [1.29, 1.82) is 0 Å². The first-order valence-corrected chi connectivity index (χ1v) is 11.6. The van der Waals surface area contributed by atoms with Gasteiger partial charge in [0.05, 0.1) is 0 Å². The number of amides is 2. The van der Waals surface area contributed by atoms with Crippen LogP contribution in [0.3, 0.4) is 0 Å². The monoisotopic (exact) mass is 430 g/mol. The Morgan fingerprint density at radius 2 is 1.09 bits per heavy atom. The number of carbonyl (C=O) groups is 2. The molecular weight excluding hydrogens is 396 g/mol. The van der Waals surface area contributed by atoms with E-state index in [-0.39, 0.29) is 23.9 Å². The summed E-state index contributed by atoms with van der Waals surface area (Å²) >= 11 is 0. The molecule has 4 heteroatoms. The standard InChI is InChI=1S/C28H34N2O2/c1-3-5-9-21-13-17-23(18-14-21)27(31)29-25-11-7-8-12-26(25)30-28(32)24-19-15-22(16-20-24)10-6-4-2/h3-4,13-20,25-26H,1-2,5-12H2,(H,29,31)(H,30,32)/t25-,26-/m1/s1. The lowest BCUT2D eigenvalue weighted by Crippen LogP contribution is -2.53. The van der Waals surface area contributed by atoms with Gasteiger partial charge in [-0.25, -0.2) is 0 Å². The van der Waals surface area contributed by atoms with E-state index in [0.29, 0.717) is 11.1 Å². The zero-order chi connectivity index (χ0) is 22.8. The molecule has 2 aromatic carbocycles. The molecule has 2 atom stereocenters. The maximum Gasteiger partial charge on any atom is 0.251 e. The van der Waals surface area contributed by atoms with Crippen molar-refractivity contribution in [2.75, 3.05) is 0 Å². The summed E-state index contributed by atoms with van der Waals surface area (Å²) in [6, 6.07) is 15.4. The molecule has 1 aliphatic carbocycles. The number of rotatable bonds is 10. The average molecular weight is 431 g/mol. The summed E-state index contributed by atoms with van der Waals surface area (Å²) < 4.78 is 0. The van der Waals surface area contributed by atoms with Gasteiger partial charge in [-0.05, 0) is 73.9 Å². The van der Waals surface area contributed by atoms with Gasteiger partial charge in [-0.1, -0.05) is 49.3 Å². The minimum atomic E-state index is -0.0852. The Kier molecular flexibility index (Phi) is 8.85. The van der Waals surface area contributed by atoms with Crippen LogP contribution in [0, 0.1) is 0 Å². The zero-order valence-corrected chi connectivity index (χ0v) is 18.8. The molecule has 0 aromatic heterocycles. The van der Waals surface area contributed by atoms with Gasteiger partial charge in [0.15, 0.2) is 0 Å². The molecule has 2 N–H and O–H groups in total. The van der Waals surface area contributed by atoms with Gasteiger partial charge in [-0.15, -0.1) is 13.2 Å². The predicted octanol–water partition coefficient (Wildman–Crippen LogP) is 5.39. The number of carbonyl (C=O) groups excluding carboxylic acids is 2. The number of allylic oxidation sites excluding steroid dienone is 2. The minimum Gasteiger partial charge on any atom is -0.347 e. The topological polar surface area (TPSA) is 58.2 Å². The normalized spacial score (nSPS) is 17.9. The van der Waals surface area contributed by atoms with E-state index in [2.05, 4.69) is 23.8 Å². The zero-order valence-electron chi connectivity index (χ0n) is 18.8. The molecule has 0 bridgehead atoms. The molecule has 1 aliphatic rings. The summed E-state index contributed by atoms with van der Waals surface area (Å²) in [4.78, 5) is 25.6. The highest BCUT2D eigenvalue weighted by atomic mass is 16.2. The number of nitrogens with one attached hydrogen (secondary N) is 2. The fourth-order valence-electron chi connectivity index (χ4n) is 4.16. The molecule has 0 saturated heterocycles. The van der Waals surface area contributed by atoms with Crippen molar-refractivity contribution in [2.24, 2.45) is 0 Å². The molecule has 1 saturated carbocycles. The van der Waals surface area contributed by atoms with Gasteiger partial charge in [0.2, 0.25) is 0 Å². The van der Waals surface area contributed by atoms with Gasteiger partial charge >= 0.3 is 0 Å². The Hall–Kier alpha value is -3.14. The third kappa shape index (κ3) is 6.68. The Balaban J connectivity index is 1.59. The summed E-state index contributed by atoms with van der Waals surface area (Å²) in [6.45, 7) is 7.50. The smallest absolute Gasteiger partial charge is 0.251 e. The van der Waals surface area contributed by atoms with E-state index in [1.54, 1.807) is 0 Å². The van der Waals surface area contributed by atoms with Crippen LogP contribution in [-0.4, -0.2) is 23.9 Å². The van der Waals surface area contributed by atoms with E-state index in [9.17, 15) is 9.59 Å². The van der Waals surface area contributed by atoms with Crippen molar-refractivity contribution in [3.8, 4) is 0 Å². The third-order valence-electron chi connectivity index (χ3n) is 6.11. The maximum atomic E-state index is 12.8. The molecule has 3 rings (SSSR count). The van der Waals surface area contributed by atoms with Crippen LogP contribution in [0.2, 0.25) is 0 Å². The number of hydrogen-bond donors (Lipinski definition) is 2.